The fourth-order valence-corrected chi connectivity index (χ4v) is 2.97. The summed E-state index contributed by atoms with van der Waals surface area (Å²) in [5.74, 6) is -1.10. The van der Waals surface area contributed by atoms with Crippen molar-refractivity contribution in [2.24, 2.45) is 0 Å². The second-order valence-electron chi connectivity index (χ2n) is 5.37. The van der Waals surface area contributed by atoms with Crippen LogP contribution in [0.1, 0.15) is 18.2 Å². The van der Waals surface area contributed by atoms with Crippen molar-refractivity contribution < 1.29 is 14.3 Å². The third kappa shape index (κ3) is 4.22. The van der Waals surface area contributed by atoms with Gasteiger partial charge in [0.05, 0.1) is 5.69 Å². The fourth-order valence-electron chi connectivity index (χ4n) is 2.23. The van der Waals surface area contributed by atoms with Crippen LogP contribution in [0.25, 0.3) is 11.0 Å². The molecule has 3 rings (SSSR count). The maximum atomic E-state index is 12.3. The Labute approximate surface area is 152 Å². The number of esters is 1. The summed E-state index contributed by atoms with van der Waals surface area (Å²) in [4.78, 5) is 40.4. The maximum absolute atomic E-state index is 12.3. The molecule has 2 aromatic heterocycles. The Morgan fingerprint density at radius 3 is 2.81 bits per heavy atom. The molecule has 0 aliphatic heterocycles. The van der Waals surface area contributed by atoms with Crippen molar-refractivity contribution in [2.45, 2.75) is 13.5 Å². The fraction of sp³-hybridized carbons (Fsp3) is 0.111. The summed E-state index contributed by atoms with van der Waals surface area (Å²) < 4.78 is 6.63. The van der Waals surface area contributed by atoms with Crippen LogP contribution < -0.4 is 10.9 Å². The molecule has 0 spiro atoms. The monoisotopic (exact) mass is 369 g/mol. The lowest BCUT2D eigenvalue weighted by Crippen LogP contribution is -2.26. The normalized spacial score (nSPS) is 11.3. The molecule has 1 aromatic carbocycles. The van der Waals surface area contributed by atoms with Crippen molar-refractivity contribution in [1.82, 2.24) is 14.7 Å². The molecule has 0 fully saturated rings. The average Bonchev–Trinajstić information content (AvgIpc) is 3.09. The molecule has 7 nitrogen and oxygen atoms in total. The van der Waals surface area contributed by atoms with Crippen molar-refractivity contribution in [1.29, 1.82) is 0 Å². The molecule has 132 valence electrons. The molecule has 3 aromatic rings. The summed E-state index contributed by atoms with van der Waals surface area (Å²) in [6.45, 7) is 1.13. The maximum Gasteiger partial charge on any atom is 0.355 e. The van der Waals surface area contributed by atoms with Crippen LogP contribution in [0.5, 0.6) is 0 Å². The SMILES string of the molecule is CC(=O)N/C(=C\c1ccccc1)C(=O)OCc1cc(=O)n2ccsc2n1. The quantitative estimate of drug-likeness (QED) is 0.549. The topological polar surface area (TPSA) is 89.8 Å². The van der Waals surface area contributed by atoms with E-state index in [0.717, 1.165) is 5.56 Å². The minimum atomic E-state index is -0.711. The minimum absolute atomic E-state index is 0.0117. The van der Waals surface area contributed by atoms with Crippen LogP contribution in [0, 0.1) is 0 Å². The van der Waals surface area contributed by atoms with E-state index in [4.69, 9.17) is 4.74 Å². The van der Waals surface area contributed by atoms with E-state index in [-0.39, 0.29) is 23.8 Å². The molecular weight excluding hydrogens is 354 g/mol. The van der Waals surface area contributed by atoms with Gasteiger partial charge in [0.1, 0.15) is 12.3 Å². The molecule has 0 bridgehead atoms. The van der Waals surface area contributed by atoms with Gasteiger partial charge in [0.2, 0.25) is 5.91 Å². The van der Waals surface area contributed by atoms with E-state index in [1.165, 1.54) is 34.8 Å². The highest BCUT2D eigenvalue weighted by Crippen LogP contribution is 2.10. The van der Waals surface area contributed by atoms with Crippen molar-refractivity contribution in [3.8, 4) is 0 Å². The van der Waals surface area contributed by atoms with Crippen LogP contribution in [0.4, 0.5) is 0 Å². The van der Waals surface area contributed by atoms with Crippen molar-refractivity contribution in [2.75, 3.05) is 0 Å². The lowest BCUT2D eigenvalue weighted by Gasteiger charge is -2.09. The van der Waals surface area contributed by atoms with Crippen LogP contribution in [0.3, 0.4) is 0 Å². The minimum Gasteiger partial charge on any atom is -0.455 e. The Hall–Kier alpha value is -3.26. The summed E-state index contributed by atoms with van der Waals surface area (Å²) in [6, 6.07) is 10.4. The first-order valence-electron chi connectivity index (χ1n) is 7.70. The van der Waals surface area contributed by atoms with Gasteiger partial charge in [-0.15, -0.1) is 11.3 Å². The smallest absolute Gasteiger partial charge is 0.355 e. The van der Waals surface area contributed by atoms with E-state index in [1.54, 1.807) is 23.7 Å². The van der Waals surface area contributed by atoms with Gasteiger partial charge in [0, 0.05) is 24.6 Å². The highest BCUT2D eigenvalue weighted by molar-refractivity contribution is 7.15. The molecule has 0 unspecified atom stereocenters. The number of nitrogens with one attached hydrogen (secondary N) is 1. The summed E-state index contributed by atoms with van der Waals surface area (Å²) in [6.07, 6.45) is 3.15. The number of amides is 1. The zero-order chi connectivity index (χ0) is 18.5. The zero-order valence-electron chi connectivity index (χ0n) is 13.8. The van der Waals surface area contributed by atoms with Gasteiger partial charge in [-0.05, 0) is 11.6 Å². The average molecular weight is 369 g/mol. The predicted octanol–water partition coefficient (Wildman–Crippen LogP) is 1.98. The first-order chi connectivity index (χ1) is 12.5. The molecule has 0 aliphatic carbocycles. The third-order valence-electron chi connectivity index (χ3n) is 3.35. The van der Waals surface area contributed by atoms with E-state index in [9.17, 15) is 14.4 Å². The largest absolute Gasteiger partial charge is 0.455 e. The van der Waals surface area contributed by atoms with Crippen LogP contribution >= 0.6 is 11.3 Å². The molecule has 0 aliphatic rings. The molecular formula is C18H15N3O4S. The van der Waals surface area contributed by atoms with Gasteiger partial charge >= 0.3 is 5.97 Å². The Balaban J connectivity index is 1.77. The molecule has 1 N–H and O–H groups in total. The first kappa shape index (κ1) is 17.6. The molecule has 8 heteroatoms. The number of fused-ring (bicyclic) bond motifs is 1. The molecule has 0 saturated heterocycles. The third-order valence-corrected chi connectivity index (χ3v) is 4.11. The number of thiazole rings is 1. The molecule has 0 atom stereocenters. The Morgan fingerprint density at radius 2 is 2.08 bits per heavy atom. The predicted molar refractivity (Wildman–Crippen MR) is 97.4 cm³/mol. The molecule has 0 saturated carbocycles. The zero-order valence-corrected chi connectivity index (χ0v) is 14.7. The van der Waals surface area contributed by atoms with Crippen LogP contribution in [-0.4, -0.2) is 21.3 Å². The number of aromatic nitrogens is 2. The first-order valence-corrected chi connectivity index (χ1v) is 8.58. The van der Waals surface area contributed by atoms with Gasteiger partial charge in [-0.3, -0.25) is 14.0 Å². The van der Waals surface area contributed by atoms with E-state index in [0.29, 0.717) is 10.7 Å². The van der Waals surface area contributed by atoms with E-state index < -0.39 is 5.97 Å². The van der Waals surface area contributed by atoms with Gasteiger partial charge in [0.15, 0.2) is 4.96 Å². The van der Waals surface area contributed by atoms with Crippen molar-refractivity contribution >= 4 is 34.3 Å². The van der Waals surface area contributed by atoms with E-state index in [2.05, 4.69) is 10.3 Å². The molecule has 2 heterocycles. The Morgan fingerprint density at radius 1 is 1.31 bits per heavy atom. The lowest BCUT2D eigenvalue weighted by molar-refractivity contribution is -0.141. The lowest BCUT2D eigenvalue weighted by atomic mass is 10.2. The highest BCUT2D eigenvalue weighted by atomic mass is 32.1. The van der Waals surface area contributed by atoms with Gasteiger partial charge in [-0.2, -0.15) is 0 Å². The van der Waals surface area contributed by atoms with Crippen molar-refractivity contribution in [3.05, 3.63) is 75.3 Å². The van der Waals surface area contributed by atoms with Crippen LogP contribution in [0.15, 0.2) is 58.5 Å². The van der Waals surface area contributed by atoms with Crippen LogP contribution in [-0.2, 0) is 20.9 Å². The van der Waals surface area contributed by atoms with Gasteiger partial charge in [-0.25, -0.2) is 9.78 Å². The van der Waals surface area contributed by atoms with Gasteiger partial charge in [-0.1, -0.05) is 30.3 Å². The Bertz CT molecular complexity index is 1040. The number of hydrogen-bond acceptors (Lipinski definition) is 6. The highest BCUT2D eigenvalue weighted by Gasteiger charge is 2.14. The molecule has 26 heavy (non-hydrogen) atoms. The number of nitrogens with zero attached hydrogens (tertiary/aromatic N) is 2. The van der Waals surface area contributed by atoms with Gasteiger partial charge < -0.3 is 10.1 Å². The number of rotatable bonds is 5. The number of carbonyl (C=O) groups is 2. The second-order valence-corrected chi connectivity index (χ2v) is 6.24. The van der Waals surface area contributed by atoms with Gasteiger partial charge in [0.25, 0.3) is 5.56 Å². The number of hydrogen-bond donors (Lipinski definition) is 1. The summed E-state index contributed by atoms with van der Waals surface area (Å²) >= 11 is 1.31. The van der Waals surface area contributed by atoms with Crippen molar-refractivity contribution in [3.63, 3.8) is 0 Å². The summed E-state index contributed by atoms with van der Waals surface area (Å²) in [7, 11) is 0. The summed E-state index contributed by atoms with van der Waals surface area (Å²) in [5.41, 5.74) is 0.846. The number of benzene rings is 1. The Kier molecular flexibility index (Phi) is 5.23. The van der Waals surface area contributed by atoms with Crippen LogP contribution in [0.2, 0.25) is 0 Å². The second kappa shape index (κ2) is 7.75. The standard InChI is InChI=1S/C18H15N3O4S/c1-12(22)19-15(9-13-5-3-2-4-6-13)17(24)25-11-14-10-16(23)21-7-8-26-18(21)20-14/h2-10H,11H2,1H3,(H,19,22)/b15-9-. The van der Waals surface area contributed by atoms with E-state index >= 15 is 0 Å². The number of carbonyl (C=O) groups excluding carboxylic acids is 2. The molecule has 1 amide bonds. The van der Waals surface area contributed by atoms with E-state index in [1.807, 2.05) is 18.2 Å². The molecule has 0 radical (unpaired) electrons. The number of ether oxygens (including phenoxy) is 1. The summed E-state index contributed by atoms with van der Waals surface area (Å²) in [5, 5.41) is 4.21.